The summed E-state index contributed by atoms with van der Waals surface area (Å²) in [4.78, 5) is 3.91. The van der Waals surface area contributed by atoms with Gasteiger partial charge in [0.1, 0.15) is 5.75 Å². The van der Waals surface area contributed by atoms with Gasteiger partial charge in [0, 0.05) is 17.8 Å². The van der Waals surface area contributed by atoms with E-state index < -0.39 is 0 Å². The largest absolute Gasteiger partial charge is 1.00 e. The van der Waals surface area contributed by atoms with E-state index in [1.807, 2.05) is 18.2 Å². The number of fused-ring (bicyclic) bond motifs is 1. The van der Waals surface area contributed by atoms with Gasteiger partial charge in [0.15, 0.2) is 0 Å². The van der Waals surface area contributed by atoms with Crippen LogP contribution in [0.2, 0.25) is 0 Å². The number of benzene rings is 1. The van der Waals surface area contributed by atoms with Crippen molar-refractivity contribution in [3.05, 3.63) is 36.7 Å². The van der Waals surface area contributed by atoms with Gasteiger partial charge in [-0.1, -0.05) is 12.1 Å². The van der Waals surface area contributed by atoms with E-state index in [0.717, 1.165) is 10.8 Å². The van der Waals surface area contributed by atoms with Crippen LogP contribution < -0.4 is 0 Å². The second-order valence-electron chi connectivity index (χ2n) is 2.37. The van der Waals surface area contributed by atoms with Crippen molar-refractivity contribution in [1.82, 2.24) is 4.98 Å². The van der Waals surface area contributed by atoms with Gasteiger partial charge in [-0.2, -0.15) is 0 Å². The Morgan fingerprint density at radius 3 is 3.00 bits per heavy atom. The zero-order valence-corrected chi connectivity index (χ0v) is 5.86. The third kappa shape index (κ3) is 0.923. The van der Waals surface area contributed by atoms with Gasteiger partial charge in [-0.15, -0.1) is 0 Å². The Bertz CT molecular complexity index is 384. The van der Waals surface area contributed by atoms with E-state index in [4.69, 9.17) is 0 Å². The summed E-state index contributed by atoms with van der Waals surface area (Å²) in [5.74, 6) is 0.288. The van der Waals surface area contributed by atoms with Crippen molar-refractivity contribution >= 4 is 10.8 Å². The third-order valence-corrected chi connectivity index (χ3v) is 1.66. The molecule has 1 aromatic carbocycles. The highest BCUT2D eigenvalue weighted by molar-refractivity contribution is 5.86. The van der Waals surface area contributed by atoms with E-state index >= 15 is 0 Å². The summed E-state index contributed by atoms with van der Waals surface area (Å²) in [7, 11) is 0. The van der Waals surface area contributed by atoms with Crippen LogP contribution in [0.5, 0.6) is 5.75 Å². The first-order valence-corrected chi connectivity index (χ1v) is 3.39. The number of hydrogen-bond donors (Lipinski definition) is 1. The normalized spacial score (nSPS) is 10.2. The first-order chi connectivity index (χ1) is 5.38. The predicted molar refractivity (Wildman–Crippen MR) is 44.5 cm³/mol. The highest BCUT2D eigenvalue weighted by atomic mass is 16.3. The number of phenolic OH excluding ortho intramolecular Hbond substituents is 1. The van der Waals surface area contributed by atoms with Gasteiger partial charge in [0.25, 0.3) is 0 Å². The number of rotatable bonds is 0. The molecular weight excluding hydrogens is 138 g/mol. The van der Waals surface area contributed by atoms with E-state index in [0.29, 0.717) is 0 Å². The average Bonchev–Trinajstić information content (AvgIpc) is 2.06. The van der Waals surface area contributed by atoms with Gasteiger partial charge < -0.3 is 5.11 Å². The fourth-order valence-electron chi connectivity index (χ4n) is 1.10. The van der Waals surface area contributed by atoms with Gasteiger partial charge in [-0.05, 0) is 17.5 Å². The number of pyridine rings is 1. The minimum atomic E-state index is 0. The van der Waals surface area contributed by atoms with E-state index in [9.17, 15) is 5.11 Å². The molecule has 2 aromatic rings. The molecule has 0 saturated heterocycles. The van der Waals surface area contributed by atoms with Crippen LogP contribution in [0.15, 0.2) is 36.7 Å². The fraction of sp³-hybridized carbons (Fsp3) is 0. The molecule has 0 unspecified atom stereocenters. The van der Waals surface area contributed by atoms with E-state index in [-0.39, 0.29) is 7.18 Å². The Morgan fingerprint density at radius 1 is 1.27 bits per heavy atom. The molecule has 2 heteroatoms. The Balaban J connectivity index is 0.000000720. The molecular formula is C9H8NO+. The van der Waals surface area contributed by atoms with Crippen molar-refractivity contribution in [3.8, 4) is 5.75 Å². The summed E-state index contributed by atoms with van der Waals surface area (Å²) >= 11 is 0. The molecule has 2 nitrogen and oxygen atoms in total. The molecule has 1 aromatic heterocycles. The number of nitrogens with zero attached hydrogens (tertiary/aromatic N) is 1. The van der Waals surface area contributed by atoms with Crippen LogP contribution in [0.3, 0.4) is 0 Å². The van der Waals surface area contributed by atoms with Crippen LogP contribution in [0.1, 0.15) is 1.43 Å². The van der Waals surface area contributed by atoms with Gasteiger partial charge >= 0.3 is 1.43 Å². The first-order valence-electron chi connectivity index (χ1n) is 3.39. The Kier molecular flexibility index (Phi) is 1.25. The molecule has 0 fully saturated rings. The molecule has 0 radical (unpaired) electrons. The summed E-state index contributed by atoms with van der Waals surface area (Å²) in [5, 5.41) is 11.1. The highest BCUT2D eigenvalue weighted by Crippen LogP contribution is 2.21. The fourth-order valence-corrected chi connectivity index (χ4v) is 1.10. The monoisotopic (exact) mass is 146 g/mol. The van der Waals surface area contributed by atoms with Crippen LogP contribution in [0.25, 0.3) is 10.8 Å². The van der Waals surface area contributed by atoms with Crippen molar-refractivity contribution in [1.29, 1.82) is 0 Å². The molecule has 11 heavy (non-hydrogen) atoms. The number of hydrogen-bond acceptors (Lipinski definition) is 2. The molecule has 54 valence electrons. The predicted octanol–water partition coefficient (Wildman–Crippen LogP) is 2.05. The zero-order valence-electron chi connectivity index (χ0n) is 6.86. The van der Waals surface area contributed by atoms with E-state index in [1.165, 1.54) is 0 Å². The molecule has 2 rings (SSSR count). The lowest BCUT2D eigenvalue weighted by Crippen LogP contribution is -1.74. The number of aromatic hydroxyl groups is 1. The van der Waals surface area contributed by atoms with Crippen molar-refractivity contribution in [3.63, 3.8) is 0 Å². The van der Waals surface area contributed by atoms with Crippen LogP contribution in [-0.2, 0) is 0 Å². The number of aromatic nitrogens is 1. The summed E-state index contributed by atoms with van der Waals surface area (Å²) < 4.78 is 0. The second-order valence-corrected chi connectivity index (χ2v) is 2.37. The Morgan fingerprint density at radius 2 is 2.18 bits per heavy atom. The first kappa shape index (κ1) is 6.16. The topological polar surface area (TPSA) is 33.1 Å². The maximum Gasteiger partial charge on any atom is 1.00 e. The van der Waals surface area contributed by atoms with Crippen LogP contribution in [0, 0.1) is 0 Å². The molecule has 0 spiro atoms. The SMILES string of the molecule is Oc1cccc2ccncc12.[H+]. The second kappa shape index (κ2) is 2.23. The van der Waals surface area contributed by atoms with Crippen molar-refractivity contribution in [2.45, 2.75) is 0 Å². The standard InChI is InChI=1S/C9H7NO/c11-9-3-1-2-7-4-5-10-6-8(7)9/h1-6,11H/p+1. The highest BCUT2D eigenvalue weighted by Gasteiger charge is 1.95. The molecule has 0 atom stereocenters. The summed E-state index contributed by atoms with van der Waals surface area (Å²) in [6.07, 6.45) is 3.37. The maximum atomic E-state index is 9.33. The lowest BCUT2D eigenvalue weighted by atomic mass is 10.2. The average molecular weight is 146 g/mol. The quantitative estimate of drug-likeness (QED) is 0.617. The van der Waals surface area contributed by atoms with Gasteiger partial charge in [-0.25, -0.2) is 0 Å². The summed E-state index contributed by atoms with van der Waals surface area (Å²) in [6.45, 7) is 0. The molecule has 1 heterocycles. The Hall–Kier alpha value is -1.57. The summed E-state index contributed by atoms with van der Waals surface area (Å²) in [6, 6.07) is 7.29. The molecule has 0 bridgehead atoms. The Labute approximate surface area is 65.6 Å². The molecule has 0 aliphatic heterocycles. The van der Waals surface area contributed by atoms with Crippen molar-refractivity contribution in [2.75, 3.05) is 0 Å². The minimum absolute atomic E-state index is 0. The lowest BCUT2D eigenvalue weighted by Gasteiger charge is -1.97. The van der Waals surface area contributed by atoms with Gasteiger partial charge in [0.05, 0.1) is 0 Å². The number of phenols is 1. The zero-order chi connectivity index (χ0) is 7.68. The molecule has 1 N–H and O–H groups in total. The van der Waals surface area contributed by atoms with Crippen LogP contribution in [0.4, 0.5) is 0 Å². The van der Waals surface area contributed by atoms with Crippen LogP contribution in [-0.4, -0.2) is 10.1 Å². The van der Waals surface area contributed by atoms with Crippen molar-refractivity contribution < 1.29 is 6.53 Å². The van der Waals surface area contributed by atoms with Gasteiger partial charge in [0.2, 0.25) is 0 Å². The van der Waals surface area contributed by atoms with E-state index in [1.54, 1.807) is 18.5 Å². The third-order valence-electron chi connectivity index (χ3n) is 1.66. The van der Waals surface area contributed by atoms with Crippen molar-refractivity contribution in [2.24, 2.45) is 0 Å². The lowest BCUT2D eigenvalue weighted by molar-refractivity contribution is 0.481. The van der Waals surface area contributed by atoms with Crippen LogP contribution >= 0.6 is 0 Å². The molecule has 0 aliphatic rings. The van der Waals surface area contributed by atoms with Gasteiger partial charge in [-0.3, -0.25) is 4.98 Å². The summed E-state index contributed by atoms with van der Waals surface area (Å²) in [5.41, 5.74) is 0. The maximum absolute atomic E-state index is 9.33. The van der Waals surface area contributed by atoms with E-state index in [2.05, 4.69) is 4.98 Å². The molecule has 0 aliphatic carbocycles. The molecule has 0 saturated carbocycles. The smallest absolute Gasteiger partial charge is 0.507 e. The minimum Gasteiger partial charge on any atom is -0.507 e. The molecule has 0 amide bonds.